The Morgan fingerprint density at radius 3 is 2.38 bits per heavy atom. The van der Waals surface area contributed by atoms with E-state index >= 15 is 0 Å². The number of hydrogen-bond donors (Lipinski definition) is 1. The van der Waals surface area contributed by atoms with E-state index in [9.17, 15) is 8.42 Å². The molecule has 0 spiro atoms. The molecule has 0 saturated heterocycles. The molecule has 0 aliphatic heterocycles. The summed E-state index contributed by atoms with van der Waals surface area (Å²) in [4.78, 5) is 0.253. The quantitative estimate of drug-likeness (QED) is 0.902. The van der Waals surface area contributed by atoms with Crippen molar-refractivity contribution in [2.45, 2.75) is 42.9 Å². The fourth-order valence-corrected chi connectivity index (χ4v) is 6.06. The van der Waals surface area contributed by atoms with Crippen LogP contribution in [0.15, 0.2) is 23.1 Å². The second kappa shape index (κ2) is 6.45. The third-order valence-corrected chi connectivity index (χ3v) is 7.50. The molecule has 118 valence electrons. The second-order valence-corrected chi connectivity index (χ2v) is 8.95. The van der Waals surface area contributed by atoms with Crippen LogP contribution in [0.1, 0.15) is 26.7 Å². The minimum atomic E-state index is -3.44. The summed E-state index contributed by atoms with van der Waals surface area (Å²) >= 11 is 11.9. The molecule has 0 bridgehead atoms. The summed E-state index contributed by atoms with van der Waals surface area (Å²) in [5.74, 6) is 0.628. The minimum absolute atomic E-state index is 0.0387. The Morgan fingerprint density at radius 2 is 1.81 bits per heavy atom. The number of rotatable bonds is 3. The molecule has 2 rings (SSSR count). The maximum atomic E-state index is 13.0. The smallest absolute Gasteiger partial charge is 0.183 e. The topological polar surface area (TPSA) is 46.2 Å². The zero-order valence-electron chi connectivity index (χ0n) is 12.4. The van der Waals surface area contributed by atoms with Crippen molar-refractivity contribution >= 4 is 33.0 Å². The van der Waals surface area contributed by atoms with Gasteiger partial charge in [-0.3, -0.25) is 0 Å². The predicted molar refractivity (Wildman–Crippen MR) is 87.8 cm³/mol. The lowest BCUT2D eigenvalue weighted by molar-refractivity contribution is 0.249. The maximum absolute atomic E-state index is 13.0. The lowest BCUT2D eigenvalue weighted by atomic mass is 9.80. The average Bonchev–Trinajstić information content (AvgIpc) is 2.40. The van der Waals surface area contributed by atoms with Gasteiger partial charge < -0.3 is 5.32 Å². The summed E-state index contributed by atoms with van der Waals surface area (Å²) in [6.07, 6.45) is 1.79. The number of sulfone groups is 1. The van der Waals surface area contributed by atoms with E-state index in [1.54, 1.807) is 12.1 Å². The molecule has 1 aromatic carbocycles. The van der Waals surface area contributed by atoms with Crippen LogP contribution in [0.25, 0.3) is 0 Å². The van der Waals surface area contributed by atoms with E-state index < -0.39 is 15.1 Å². The second-order valence-electron chi connectivity index (χ2n) is 6.03. The van der Waals surface area contributed by atoms with Gasteiger partial charge in [0.05, 0.1) is 20.2 Å². The van der Waals surface area contributed by atoms with Crippen LogP contribution < -0.4 is 5.32 Å². The number of nitrogens with one attached hydrogen (secondary N) is 1. The highest BCUT2D eigenvalue weighted by atomic mass is 35.5. The lowest BCUT2D eigenvalue weighted by Gasteiger charge is -2.39. The van der Waals surface area contributed by atoms with Crippen molar-refractivity contribution in [1.82, 2.24) is 5.32 Å². The van der Waals surface area contributed by atoms with Gasteiger partial charge in [0.25, 0.3) is 0 Å². The van der Waals surface area contributed by atoms with Gasteiger partial charge in [-0.1, -0.05) is 37.0 Å². The molecule has 4 unspecified atom stereocenters. The third kappa shape index (κ3) is 3.39. The van der Waals surface area contributed by atoms with E-state index in [0.717, 1.165) is 12.8 Å². The monoisotopic (exact) mass is 349 g/mol. The summed E-state index contributed by atoms with van der Waals surface area (Å²) in [6, 6.07) is 4.50. The van der Waals surface area contributed by atoms with E-state index in [1.165, 1.54) is 6.07 Å². The highest BCUT2D eigenvalue weighted by Crippen LogP contribution is 2.37. The molecule has 4 atom stereocenters. The minimum Gasteiger partial charge on any atom is -0.316 e. The van der Waals surface area contributed by atoms with Gasteiger partial charge in [-0.05, 0) is 49.9 Å². The van der Waals surface area contributed by atoms with Crippen LogP contribution in [0.3, 0.4) is 0 Å². The predicted octanol–water partition coefficient (Wildman–Crippen LogP) is 3.79. The van der Waals surface area contributed by atoms with Crippen LogP contribution in [0.5, 0.6) is 0 Å². The molecule has 1 saturated carbocycles. The van der Waals surface area contributed by atoms with E-state index in [1.807, 2.05) is 14.0 Å². The molecule has 21 heavy (non-hydrogen) atoms. The van der Waals surface area contributed by atoms with Gasteiger partial charge in [-0.25, -0.2) is 8.42 Å². The molecule has 1 N–H and O–H groups in total. The van der Waals surface area contributed by atoms with Gasteiger partial charge in [0.1, 0.15) is 0 Å². The number of hydrogen-bond acceptors (Lipinski definition) is 3. The van der Waals surface area contributed by atoms with E-state index in [2.05, 4.69) is 12.2 Å². The van der Waals surface area contributed by atoms with Crippen molar-refractivity contribution in [1.29, 1.82) is 0 Å². The van der Waals surface area contributed by atoms with Gasteiger partial charge >= 0.3 is 0 Å². The SMILES string of the molecule is CNC1CC(C)CC(C)C1S(=O)(=O)c1ccc(Cl)c(Cl)c1. The summed E-state index contributed by atoms with van der Waals surface area (Å²) in [5.41, 5.74) is 0. The van der Waals surface area contributed by atoms with Crippen molar-refractivity contribution in [2.24, 2.45) is 11.8 Å². The molecular weight excluding hydrogens is 329 g/mol. The Bertz CT molecular complexity index is 618. The molecule has 6 heteroatoms. The molecule has 1 aromatic rings. The Morgan fingerprint density at radius 1 is 1.14 bits per heavy atom. The van der Waals surface area contributed by atoms with Crippen LogP contribution in [-0.4, -0.2) is 26.8 Å². The fourth-order valence-electron chi connectivity index (χ4n) is 3.44. The Hall–Kier alpha value is -0.290. The molecule has 1 fully saturated rings. The fraction of sp³-hybridized carbons (Fsp3) is 0.600. The Labute approximate surface area is 136 Å². The van der Waals surface area contributed by atoms with Crippen molar-refractivity contribution in [3.63, 3.8) is 0 Å². The number of benzene rings is 1. The first-order chi connectivity index (χ1) is 9.77. The Balaban J connectivity index is 2.43. The molecule has 0 heterocycles. The van der Waals surface area contributed by atoms with Crippen LogP contribution in [0, 0.1) is 11.8 Å². The Kier molecular flexibility index (Phi) is 5.24. The van der Waals surface area contributed by atoms with E-state index in [0.29, 0.717) is 10.9 Å². The average molecular weight is 350 g/mol. The van der Waals surface area contributed by atoms with Crippen molar-refractivity contribution in [2.75, 3.05) is 7.05 Å². The van der Waals surface area contributed by atoms with Gasteiger partial charge in [0.2, 0.25) is 0 Å². The molecule has 0 aromatic heterocycles. The van der Waals surface area contributed by atoms with Gasteiger partial charge in [0.15, 0.2) is 9.84 Å². The standard InChI is InChI=1S/C15H21Cl2NO2S/c1-9-6-10(2)15(14(7-9)18-3)21(19,20)11-4-5-12(16)13(17)8-11/h4-5,8-10,14-15,18H,6-7H2,1-3H3. The molecule has 1 aliphatic carbocycles. The summed E-state index contributed by atoms with van der Waals surface area (Å²) in [5, 5.41) is 3.38. The zero-order chi connectivity index (χ0) is 15.8. The molecule has 1 aliphatic rings. The highest BCUT2D eigenvalue weighted by molar-refractivity contribution is 7.92. The van der Waals surface area contributed by atoms with E-state index in [4.69, 9.17) is 23.2 Å². The molecule has 0 radical (unpaired) electrons. The normalized spacial score (nSPS) is 30.3. The lowest BCUT2D eigenvalue weighted by Crippen LogP contribution is -2.50. The van der Waals surface area contributed by atoms with Gasteiger partial charge in [0, 0.05) is 6.04 Å². The molecular formula is C15H21Cl2NO2S. The van der Waals surface area contributed by atoms with E-state index in [-0.39, 0.29) is 21.9 Å². The highest BCUT2D eigenvalue weighted by Gasteiger charge is 2.42. The van der Waals surface area contributed by atoms with Crippen LogP contribution in [0.2, 0.25) is 10.0 Å². The van der Waals surface area contributed by atoms with Gasteiger partial charge in [-0.15, -0.1) is 0 Å². The first-order valence-electron chi connectivity index (χ1n) is 7.13. The summed E-state index contributed by atoms with van der Waals surface area (Å²) in [6.45, 7) is 4.18. The number of halogens is 2. The van der Waals surface area contributed by atoms with Crippen molar-refractivity contribution in [3.8, 4) is 0 Å². The molecule has 0 amide bonds. The molecule has 3 nitrogen and oxygen atoms in total. The van der Waals surface area contributed by atoms with Crippen LogP contribution in [-0.2, 0) is 9.84 Å². The van der Waals surface area contributed by atoms with Crippen molar-refractivity contribution in [3.05, 3.63) is 28.2 Å². The third-order valence-electron chi connectivity index (χ3n) is 4.34. The van der Waals surface area contributed by atoms with Gasteiger partial charge in [-0.2, -0.15) is 0 Å². The van der Waals surface area contributed by atoms with Crippen LogP contribution >= 0.6 is 23.2 Å². The summed E-state index contributed by atoms with van der Waals surface area (Å²) < 4.78 is 26.0. The van der Waals surface area contributed by atoms with Crippen molar-refractivity contribution < 1.29 is 8.42 Å². The van der Waals surface area contributed by atoms with Crippen LogP contribution in [0.4, 0.5) is 0 Å². The maximum Gasteiger partial charge on any atom is 0.183 e. The zero-order valence-corrected chi connectivity index (χ0v) is 14.8. The summed E-state index contributed by atoms with van der Waals surface area (Å²) in [7, 11) is -1.61. The first kappa shape index (κ1) is 17.1. The largest absolute Gasteiger partial charge is 0.316 e. The first-order valence-corrected chi connectivity index (χ1v) is 9.43.